The van der Waals surface area contributed by atoms with Crippen molar-refractivity contribution < 1.29 is 32.1 Å². The van der Waals surface area contributed by atoms with Crippen LogP contribution in [0.4, 0.5) is 10.1 Å². The van der Waals surface area contributed by atoms with Gasteiger partial charge in [-0.15, -0.1) is 0 Å². The second kappa shape index (κ2) is 8.64. The van der Waals surface area contributed by atoms with Crippen LogP contribution in [0.3, 0.4) is 0 Å². The number of benzene rings is 1. The number of rotatable bonds is 4. The van der Waals surface area contributed by atoms with Crippen LogP contribution in [-0.4, -0.2) is 74.3 Å². The summed E-state index contributed by atoms with van der Waals surface area (Å²) < 4.78 is 41.3. The largest absolute Gasteiger partial charge is 0.477 e. The van der Waals surface area contributed by atoms with Gasteiger partial charge >= 0.3 is 5.97 Å². The van der Waals surface area contributed by atoms with Crippen LogP contribution >= 0.6 is 0 Å². The molecule has 4 N–H and O–H groups in total. The van der Waals surface area contributed by atoms with Crippen molar-refractivity contribution in [2.45, 2.75) is 18.8 Å². The van der Waals surface area contributed by atoms with Crippen molar-refractivity contribution in [1.82, 2.24) is 10.3 Å². The van der Waals surface area contributed by atoms with Gasteiger partial charge in [0.2, 0.25) is 5.43 Å². The predicted octanol–water partition coefficient (Wildman–Crippen LogP) is 1.16. The number of H-pyrrole nitrogens is 1. The first-order valence-corrected chi connectivity index (χ1v) is 12.4. The number of pyridine rings is 1. The molecule has 0 unspecified atom stereocenters. The van der Waals surface area contributed by atoms with Gasteiger partial charge in [0.25, 0.3) is 10.1 Å². The zero-order valence-electron chi connectivity index (χ0n) is 18.6. The first kappa shape index (κ1) is 24.1. The van der Waals surface area contributed by atoms with Crippen molar-refractivity contribution in [2.75, 3.05) is 44.4 Å². The summed E-state index contributed by atoms with van der Waals surface area (Å²) in [6, 6.07) is 1.17. The first-order valence-electron chi connectivity index (χ1n) is 10.5. The van der Waals surface area contributed by atoms with Gasteiger partial charge in [-0.1, -0.05) is 5.16 Å². The topological polar surface area (TPSA) is 161 Å². The number of carboxylic acid groups (broad SMARTS) is 1. The molecule has 1 aromatic heterocycles. The zero-order chi connectivity index (χ0) is 24.8. The average Bonchev–Trinajstić information content (AvgIpc) is 3.46. The zero-order valence-corrected chi connectivity index (χ0v) is 19.4. The number of fused-ring (bicyclic) bond motifs is 1. The lowest BCUT2D eigenvalue weighted by Gasteiger charge is -2.39. The number of aromatic carboxylic acids is 1. The molecule has 1 aliphatic carbocycles. The number of nitrogens with one attached hydrogen (secondary N) is 2. The molecule has 5 rings (SSSR count). The van der Waals surface area contributed by atoms with Gasteiger partial charge in [0.15, 0.2) is 0 Å². The molecule has 2 aromatic rings. The molecular weight excluding hydrogens is 471 g/mol. The Bertz CT molecular complexity index is 1340. The quantitative estimate of drug-likeness (QED) is 0.359. The van der Waals surface area contributed by atoms with E-state index in [9.17, 15) is 23.1 Å². The highest BCUT2D eigenvalue weighted by Crippen LogP contribution is 2.49. The van der Waals surface area contributed by atoms with Gasteiger partial charge in [-0.05, 0) is 24.8 Å². The van der Waals surface area contributed by atoms with E-state index in [4.69, 9.17) is 9.39 Å². The Morgan fingerprint density at radius 2 is 2.00 bits per heavy atom. The van der Waals surface area contributed by atoms with Crippen molar-refractivity contribution in [3.05, 3.63) is 39.4 Å². The molecule has 34 heavy (non-hydrogen) atoms. The third-order valence-corrected chi connectivity index (χ3v) is 6.25. The Hall–Kier alpha value is -3.03. The summed E-state index contributed by atoms with van der Waals surface area (Å²) in [6.45, 7) is 2.59. The minimum atomic E-state index is -3.67. The maximum absolute atomic E-state index is 15.4. The van der Waals surface area contributed by atoms with Crippen LogP contribution in [-0.2, 0) is 15.0 Å². The second-order valence-electron chi connectivity index (χ2n) is 8.85. The van der Waals surface area contributed by atoms with Crippen LogP contribution in [0.2, 0.25) is 0 Å². The lowest BCUT2D eigenvalue weighted by atomic mass is 9.79. The molecule has 2 aliphatic heterocycles. The smallest absolute Gasteiger partial charge is 0.341 e. The third-order valence-electron chi connectivity index (χ3n) is 6.25. The number of carbonyl (C=O) groups is 1. The fourth-order valence-electron chi connectivity index (χ4n) is 4.60. The highest BCUT2D eigenvalue weighted by Gasteiger charge is 2.50. The molecule has 184 valence electrons. The first-order chi connectivity index (χ1) is 15.9. The minimum absolute atomic E-state index is 0.0815. The SMILES string of the molecule is CON=C1CN(c2c(F)cc3c(=O)c(C(=O)O)c[nH]c3c2C2CC2)CC12CNC2.CS(=O)(=O)O. The second-order valence-corrected chi connectivity index (χ2v) is 10.3. The molecule has 3 aliphatic rings. The van der Waals surface area contributed by atoms with Gasteiger partial charge in [-0.25, -0.2) is 9.18 Å². The number of aromatic amines is 1. The Kier molecular flexibility index (Phi) is 6.12. The van der Waals surface area contributed by atoms with Crippen LogP contribution in [0.1, 0.15) is 34.7 Å². The van der Waals surface area contributed by atoms with E-state index in [2.05, 4.69) is 15.5 Å². The summed E-state index contributed by atoms with van der Waals surface area (Å²) in [4.78, 5) is 33.9. The molecule has 0 bridgehead atoms. The van der Waals surface area contributed by atoms with Crippen molar-refractivity contribution in [3.8, 4) is 0 Å². The fourth-order valence-corrected chi connectivity index (χ4v) is 4.60. The number of halogens is 1. The summed E-state index contributed by atoms with van der Waals surface area (Å²) in [5.74, 6) is -1.69. The van der Waals surface area contributed by atoms with E-state index in [0.717, 1.165) is 37.2 Å². The van der Waals surface area contributed by atoms with Gasteiger partial charge in [0.1, 0.15) is 18.5 Å². The Balaban J connectivity index is 0.000000499. The lowest BCUT2D eigenvalue weighted by molar-refractivity contribution is 0.0695. The van der Waals surface area contributed by atoms with E-state index in [0.29, 0.717) is 30.5 Å². The molecular formula is C21H25FN4O7S. The Morgan fingerprint density at radius 3 is 2.50 bits per heavy atom. The van der Waals surface area contributed by atoms with Gasteiger partial charge < -0.3 is 25.1 Å². The summed E-state index contributed by atoms with van der Waals surface area (Å²) in [6.07, 6.45) is 3.74. The summed E-state index contributed by atoms with van der Waals surface area (Å²) in [5, 5.41) is 16.8. The van der Waals surface area contributed by atoms with E-state index in [1.165, 1.54) is 19.4 Å². The van der Waals surface area contributed by atoms with E-state index in [-0.39, 0.29) is 22.3 Å². The number of hydrogen-bond acceptors (Lipinski definition) is 8. The van der Waals surface area contributed by atoms with Gasteiger partial charge in [0, 0.05) is 36.8 Å². The highest BCUT2D eigenvalue weighted by atomic mass is 32.2. The van der Waals surface area contributed by atoms with E-state index < -0.39 is 27.3 Å². The number of hydrogen-bond donors (Lipinski definition) is 4. The Labute approximate surface area is 194 Å². The molecule has 11 nitrogen and oxygen atoms in total. The summed E-state index contributed by atoms with van der Waals surface area (Å²) >= 11 is 0. The molecule has 2 saturated heterocycles. The lowest BCUT2D eigenvalue weighted by Crippen LogP contribution is -2.58. The maximum Gasteiger partial charge on any atom is 0.341 e. The number of nitrogens with zero attached hydrogens (tertiary/aromatic N) is 2. The van der Waals surface area contributed by atoms with Crippen LogP contribution < -0.4 is 15.6 Å². The molecule has 1 aromatic carbocycles. The van der Waals surface area contributed by atoms with Gasteiger partial charge in [0.05, 0.1) is 35.1 Å². The maximum atomic E-state index is 15.4. The van der Waals surface area contributed by atoms with E-state index in [1.807, 2.05) is 4.90 Å². The normalized spacial score (nSPS) is 20.2. The fraction of sp³-hybridized carbons (Fsp3) is 0.476. The van der Waals surface area contributed by atoms with E-state index in [1.54, 1.807) is 0 Å². The van der Waals surface area contributed by atoms with Gasteiger partial charge in [-0.3, -0.25) is 9.35 Å². The molecule has 1 saturated carbocycles. The highest BCUT2D eigenvalue weighted by molar-refractivity contribution is 7.85. The predicted molar refractivity (Wildman–Crippen MR) is 123 cm³/mol. The van der Waals surface area contributed by atoms with Crippen molar-refractivity contribution in [2.24, 2.45) is 10.6 Å². The molecule has 3 heterocycles. The average molecular weight is 497 g/mol. The number of aromatic nitrogens is 1. The van der Waals surface area contributed by atoms with Crippen molar-refractivity contribution >= 4 is 38.4 Å². The number of anilines is 1. The Morgan fingerprint density at radius 1 is 1.35 bits per heavy atom. The van der Waals surface area contributed by atoms with E-state index >= 15 is 4.39 Å². The van der Waals surface area contributed by atoms with Crippen molar-refractivity contribution in [3.63, 3.8) is 0 Å². The van der Waals surface area contributed by atoms with Crippen LogP contribution in [0, 0.1) is 11.2 Å². The van der Waals surface area contributed by atoms with Gasteiger partial charge in [-0.2, -0.15) is 8.42 Å². The van der Waals surface area contributed by atoms with Crippen LogP contribution in [0.15, 0.2) is 22.2 Å². The molecule has 1 spiro atoms. The van der Waals surface area contributed by atoms with Crippen molar-refractivity contribution in [1.29, 1.82) is 0 Å². The standard InChI is InChI=1S/C20H21FN4O4.CH4O3S/c1-29-24-14-6-25(9-20(14)7-22-8-20)17-13(21)4-11-16(15(17)10-2-3-10)23-5-12(18(11)26)19(27)28;1-5(2,3)4/h4-5,10,22H,2-3,6-9H2,1H3,(H,23,26)(H,27,28);1H3,(H,2,3,4). The molecule has 13 heteroatoms. The van der Waals surface area contributed by atoms with Crippen LogP contribution in [0.5, 0.6) is 0 Å². The number of oxime groups is 1. The third kappa shape index (κ3) is 4.50. The molecule has 0 radical (unpaired) electrons. The molecule has 0 amide bonds. The molecule has 0 atom stereocenters. The molecule has 3 fully saturated rings. The summed E-state index contributed by atoms with van der Waals surface area (Å²) in [7, 11) is -2.16. The number of carboxylic acids is 1. The monoisotopic (exact) mass is 496 g/mol. The summed E-state index contributed by atoms with van der Waals surface area (Å²) in [5.41, 5.74) is 1.43. The minimum Gasteiger partial charge on any atom is -0.477 e. The van der Waals surface area contributed by atoms with Crippen LogP contribution in [0.25, 0.3) is 10.9 Å².